The number of pyridine rings is 1. The van der Waals surface area contributed by atoms with Gasteiger partial charge >= 0.3 is 5.97 Å². The number of aromatic nitrogens is 1. The molecule has 1 heterocycles. The van der Waals surface area contributed by atoms with E-state index in [4.69, 9.17) is 0 Å². The molecule has 0 saturated heterocycles. The minimum absolute atomic E-state index is 0.506. The number of hydrogen-bond donors (Lipinski definition) is 1. The maximum Gasteiger partial charge on any atom is 0.309 e. The normalized spacial score (nSPS) is 18.2. The van der Waals surface area contributed by atoms with E-state index in [1.54, 1.807) is 6.20 Å². The van der Waals surface area contributed by atoms with Crippen LogP contribution in [0.3, 0.4) is 0 Å². The van der Waals surface area contributed by atoms with Gasteiger partial charge in [-0.1, -0.05) is 12.5 Å². The number of aliphatic carboxylic acids is 1. The van der Waals surface area contributed by atoms with Gasteiger partial charge in [0.25, 0.3) is 0 Å². The Morgan fingerprint density at radius 3 is 2.80 bits per heavy atom. The zero-order valence-electron chi connectivity index (χ0n) is 8.86. The number of carboxylic acids is 1. The second-order valence-electron chi connectivity index (χ2n) is 4.36. The molecule has 0 spiro atoms. The van der Waals surface area contributed by atoms with Crippen LogP contribution in [-0.4, -0.2) is 16.1 Å². The van der Waals surface area contributed by atoms with Gasteiger partial charge in [-0.3, -0.25) is 9.78 Å². The molecule has 0 amide bonds. The Balaban J connectivity index is 2.21. The summed E-state index contributed by atoms with van der Waals surface area (Å²) >= 11 is 0. The zero-order chi connectivity index (χ0) is 10.9. The Morgan fingerprint density at radius 1 is 1.60 bits per heavy atom. The molecule has 0 radical (unpaired) electrons. The van der Waals surface area contributed by atoms with Crippen molar-refractivity contribution in [3.63, 3.8) is 0 Å². The fourth-order valence-corrected chi connectivity index (χ4v) is 2.14. The largest absolute Gasteiger partial charge is 0.481 e. The van der Waals surface area contributed by atoms with Gasteiger partial charge in [-0.15, -0.1) is 0 Å². The Labute approximate surface area is 89.2 Å². The van der Waals surface area contributed by atoms with E-state index in [0.29, 0.717) is 6.42 Å². The van der Waals surface area contributed by atoms with Gasteiger partial charge in [0.15, 0.2) is 0 Å². The summed E-state index contributed by atoms with van der Waals surface area (Å²) in [6.07, 6.45) is 5.01. The van der Waals surface area contributed by atoms with Crippen molar-refractivity contribution in [3.05, 3.63) is 29.6 Å². The van der Waals surface area contributed by atoms with E-state index in [-0.39, 0.29) is 0 Å². The highest BCUT2D eigenvalue weighted by atomic mass is 16.4. The summed E-state index contributed by atoms with van der Waals surface area (Å²) in [5.41, 5.74) is 1.51. The van der Waals surface area contributed by atoms with Crippen LogP contribution in [0.4, 0.5) is 0 Å². The molecule has 1 aromatic heterocycles. The van der Waals surface area contributed by atoms with Crippen LogP contribution in [-0.2, 0) is 11.2 Å². The maximum atomic E-state index is 11.2. The predicted molar refractivity (Wildman–Crippen MR) is 56.6 cm³/mol. The number of nitrogens with zero attached hydrogens (tertiary/aromatic N) is 1. The van der Waals surface area contributed by atoms with E-state index in [0.717, 1.165) is 30.5 Å². The molecule has 1 saturated carbocycles. The van der Waals surface area contributed by atoms with Gasteiger partial charge in [-0.25, -0.2) is 0 Å². The molecule has 1 fully saturated rings. The average molecular weight is 205 g/mol. The SMILES string of the molecule is Cc1ncccc1CC1(C(=O)O)CCC1. The van der Waals surface area contributed by atoms with Crippen LogP contribution < -0.4 is 0 Å². The molecule has 3 nitrogen and oxygen atoms in total. The van der Waals surface area contributed by atoms with Gasteiger partial charge in [-0.2, -0.15) is 0 Å². The first-order chi connectivity index (χ1) is 7.14. The molecule has 1 aliphatic rings. The first kappa shape index (κ1) is 10.1. The molecule has 2 rings (SSSR count). The summed E-state index contributed by atoms with van der Waals surface area (Å²) in [5.74, 6) is -0.656. The first-order valence-electron chi connectivity index (χ1n) is 5.28. The van der Waals surface area contributed by atoms with Crippen molar-refractivity contribution >= 4 is 5.97 Å². The molecule has 0 unspecified atom stereocenters. The van der Waals surface area contributed by atoms with Crippen molar-refractivity contribution in [1.29, 1.82) is 0 Å². The smallest absolute Gasteiger partial charge is 0.309 e. The van der Waals surface area contributed by atoms with E-state index in [1.165, 1.54) is 0 Å². The van der Waals surface area contributed by atoms with Crippen LogP contribution in [0.2, 0.25) is 0 Å². The van der Waals surface area contributed by atoms with Crippen LogP contribution in [0.1, 0.15) is 30.5 Å². The lowest BCUT2D eigenvalue weighted by Crippen LogP contribution is -2.40. The van der Waals surface area contributed by atoms with E-state index >= 15 is 0 Å². The quantitative estimate of drug-likeness (QED) is 0.822. The summed E-state index contributed by atoms with van der Waals surface area (Å²) in [5, 5.41) is 9.22. The Morgan fingerprint density at radius 2 is 2.33 bits per heavy atom. The van der Waals surface area contributed by atoms with Crippen LogP contribution in [0.15, 0.2) is 18.3 Å². The second-order valence-corrected chi connectivity index (χ2v) is 4.36. The maximum absolute atomic E-state index is 11.2. The fourth-order valence-electron chi connectivity index (χ4n) is 2.14. The van der Waals surface area contributed by atoms with Crippen molar-refractivity contribution < 1.29 is 9.90 Å². The van der Waals surface area contributed by atoms with E-state index in [2.05, 4.69) is 4.98 Å². The van der Waals surface area contributed by atoms with Gasteiger partial charge in [0.1, 0.15) is 0 Å². The summed E-state index contributed by atoms with van der Waals surface area (Å²) in [6.45, 7) is 1.93. The van der Waals surface area contributed by atoms with E-state index < -0.39 is 11.4 Å². The minimum Gasteiger partial charge on any atom is -0.481 e. The van der Waals surface area contributed by atoms with Gasteiger partial charge < -0.3 is 5.11 Å². The molecule has 3 heteroatoms. The van der Waals surface area contributed by atoms with Crippen molar-refractivity contribution in [3.8, 4) is 0 Å². The number of carboxylic acid groups (broad SMARTS) is 1. The molecule has 15 heavy (non-hydrogen) atoms. The summed E-state index contributed by atoms with van der Waals surface area (Å²) in [4.78, 5) is 15.4. The van der Waals surface area contributed by atoms with Crippen LogP contribution >= 0.6 is 0 Å². The highest BCUT2D eigenvalue weighted by Gasteiger charge is 2.44. The second kappa shape index (κ2) is 3.65. The zero-order valence-corrected chi connectivity index (χ0v) is 8.86. The third-order valence-electron chi connectivity index (χ3n) is 3.41. The molecule has 1 N–H and O–H groups in total. The van der Waals surface area contributed by atoms with Crippen LogP contribution in [0, 0.1) is 12.3 Å². The standard InChI is InChI=1S/C12H15NO2/c1-9-10(4-2-7-13-9)8-12(11(14)15)5-3-6-12/h2,4,7H,3,5-6,8H2,1H3,(H,14,15). The molecule has 0 aliphatic heterocycles. The van der Waals surface area contributed by atoms with Crippen molar-refractivity contribution in [2.45, 2.75) is 32.6 Å². The molecular weight excluding hydrogens is 190 g/mol. The molecule has 1 aliphatic carbocycles. The van der Waals surface area contributed by atoms with Crippen molar-refractivity contribution in [2.24, 2.45) is 5.41 Å². The third kappa shape index (κ3) is 1.74. The van der Waals surface area contributed by atoms with Crippen molar-refractivity contribution in [2.75, 3.05) is 0 Å². The third-order valence-corrected chi connectivity index (χ3v) is 3.41. The summed E-state index contributed by atoms with van der Waals surface area (Å²) in [6, 6.07) is 3.85. The lowest BCUT2D eigenvalue weighted by atomic mass is 9.65. The lowest BCUT2D eigenvalue weighted by Gasteiger charge is -2.37. The molecule has 1 aromatic rings. The molecule has 80 valence electrons. The predicted octanol–water partition coefficient (Wildman–Crippen LogP) is 2.19. The number of hydrogen-bond acceptors (Lipinski definition) is 2. The monoisotopic (exact) mass is 205 g/mol. The first-order valence-corrected chi connectivity index (χ1v) is 5.28. The minimum atomic E-state index is -0.656. The summed E-state index contributed by atoms with van der Waals surface area (Å²) in [7, 11) is 0. The van der Waals surface area contributed by atoms with Gasteiger partial charge in [0, 0.05) is 11.9 Å². The summed E-state index contributed by atoms with van der Waals surface area (Å²) < 4.78 is 0. The number of rotatable bonds is 3. The topological polar surface area (TPSA) is 50.2 Å². The van der Waals surface area contributed by atoms with Gasteiger partial charge in [-0.05, 0) is 37.8 Å². The Kier molecular flexibility index (Phi) is 2.47. The highest BCUT2D eigenvalue weighted by Crippen LogP contribution is 2.44. The van der Waals surface area contributed by atoms with Crippen molar-refractivity contribution in [1.82, 2.24) is 4.98 Å². The Bertz CT molecular complexity index is 383. The van der Waals surface area contributed by atoms with Crippen LogP contribution in [0.25, 0.3) is 0 Å². The van der Waals surface area contributed by atoms with E-state index in [1.807, 2.05) is 19.1 Å². The average Bonchev–Trinajstić information content (AvgIpc) is 2.13. The molecule has 0 aromatic carbocycles. The Hall–Kier alpha value is -1.38. The lowest BCUT2D eigenvalue weighted by molar-refractivity contribution is -0.154. The van der Waals surface area contributed by atoms with Gasteiger partial charge in [0.05, 0.1) is 5.41 Å². The molecule has 0 atom stereocenters. The van der Waals surface area contributed by atoms with Gasteiger partial charge in [0.2, 0.25) is 0 Å². The fraction of sp³-hybridized carbons (Fsp3) is 0.500. The molecule has 0 bridgehead atoms. The number of carbonyl (C=O) groups is 1. The molecular formula is C12H15NO2. The van der Waals surface area contributed by atoms with Crippen LogP contribution in [0.5, 0.6) is 0 Å². The highest BCUT2D eigenvalue weighted by molar-refractivity contribution is 5.76. The number of aryl methyl sites for hydroxylation is 1. The van der Waals surface area contributed by atoms with E-state index in [9.17, 15) is 9.90 Å².